The fourth-order valence-electron chi connectivity index (χ4n) is 4.15. The van der Waals surface area contributed by atoms with Gasteiger partial charge < -0.3 is 20.5 Å². The summed E-state index contributed by atoms with van der Waals surface area (Å²) in [6, 6.07) is 10.5. The van der Waals surface area contributed by atoms with Crippen molar-refractivity contribution in [1.29, 1.82) is 0 Å². The maximum absolute atomic E-state index is 13.4. The molecule has 8 nitrogen and oxygen atoms in total. The first-order chi connectivity index (χ1) is 21.6. The molecule has 3 aromatic carbocycles. The van der Waals surface area contributed by atoms with E-state index in [0.717, 1.165) is 12.8 Å². The number of amides is 3. The lowest BCUT2D eigenvalue weighted by atomic mass is 10.0. The number of benzene rings is 3. The SMILES string of the molecule is CCCCCC(=O)N[S+]([O-])c1ccccc1NC(=O)c1ccc(NCCC)c(NC(=O)c2cc(C(F)(F)F)cc(C(F)(F)F)c2)c1. The normalized spacial score (nSPS) is 12.3. The molecule has 0 radical (unpaired) electrons. The maximum Gasteiger partial charge on any atom is 0.416 e. The standard InChI is InChI=1S/C31H32F6N4O4S/c1-3-5-6-11-27(42)41-46(45)26-10-8-7-9-24(26)39-28(43)19-12-13-23(38-14-4-2)25(17-19)40-29(44)20-15-21(30(32,33)34)18-22(16-20)31(35,36)37/h7-10,12-13,15-18,38H,3-6,11,14H2,1-2H3,(H,39,43)(H,40,44)(H,41,42). The molecule has 4 N–H and O–H groups in total. The summed E-state index contributed by atoms with van der Waals surface area (Å²) in [5.74, 6) is -2.44. The van der Waals surface area contributed by atoms with E-state index in [9.17, 15) is 45.3 Å². The maximum atomic E-state index is 13.4. The molecule has 0 saturated heterocycles. The Hall–Kier alpha value is -4.24. The Balaban J connectivity index is 1.90. The van der Waals surface area contributed by atoms with Crippen LogP contribution in [-0.4, -0.2) is 28.8 Å². The highest BCUT2D eigenvalue weighted by Crippen LogP contribution is 2.37. The van der Waals surface area contributed by atoms with Crippen molar-refractivity contribution in [1.82, 2.24) is 4.72 Å². The van der Waals surface area contributed by atoms with Gasteiger partial charge in [0.2, 0.25) is 4.90 Å². The van der Waals surface area contributed by atoms with Crippen molar-refractivity contribution < 1.29 is 45.3 Å². The summed E-state index contributed by atoms with van der Waals surface area (Å²) in [5.41, 5.74) is -3.98. The first kappa shape index (κ1) is 36.2. The van der Waals surface area contributed by atoms with Crippen LogP contribution in [0.2, 0.25) is 0 Å². The van der Waals surface area contributed by atoms with Gasteiger partial charge in [0.15, 0.2) is 0 Å². The third-order valence-corrected chi connectivity index (χ3v) is 7.66. The molecule has 0 spiro atoms. The second-order valence-electron chi connectivity index (χ2n) is 10.1. The van der Waals surface area contributed by atoms with Gasteiger partial charge in [-0.05, 0) is 61.4 Å². The largest absolute Gasteiger partial charge is 0.588 e. The molecular formula is C31H32F6N4O4S. The monoisotopic (exact) mass is 670 g/mol. The molecule has 1 unspecified atom stereocenters. The average Bonchev–Trinajstić information content (AvgIpc) is 2.99. The number of carbonyl (C=O) groups is 3. The summed E-state index contributed by atoms with van der Waals surface area (Å²) in [6.45, 7) is 4.20. The molecule has 3 aromatic rings. The van der Waals surface area contributed by atoms with Gasteiger partial charge in [-0.2, -0.15) is 31.1 Å². The molecule has 0 aromatic heterocycles. The molecule has 0 heterocycles. The Bertz CT molecular complexity index is 1520. The number of halogens is 6. The number of rotatable bonds is 13. The van der Waals surface area contributed by atoms with Gasteiger partial charge in [-0.25, -0.2) is 0 Å². The Kier molecular flexibility index (Phi) is 12.5. The third-order valence-electron chi connectivity index (χ3n) is 6.49. The molecule has 248 valence electrons. The smallest absolute Gasteiger partial charge is 0.416 e. The van der Waals surface area contributed by atoms with Crippen LogP contribution < -0.4 is 20.7 Å². The van der Waals surface area contributed by atoms with Crippen molar-refractivity contribution in [3.63, 3.8) is 0 Å². The van der Waals surface area contributed by atoms with Crippen molar-refractivity contribution >= 4 is 46.1 Å². The summed E-state index contributed by atoms with van der Waals surface area (Å²) in [5, 5.41) is 7.88. The lowest BCUT2D eigenvalue weighted by Crippen LogP contribution is -2.31. The Morgan fingerprint density at radius 3 is 1.93 bits per heavy atom. The molecule has 46 heavy (non-hydrogen) atoms. The Labute approximate surface area is 264 Å². The zero-order valence-electron chi connectivity index (χ0n) is 24.8. The van der Waals surface area contributed by atoms with Gasteiger partial charge in [0, 0.05) is 24.1 Å². The van der Waals surface area contributed by atoms with Gasteiger partial charge in [0.05, 0.1) is 28.2 Å². The Morgan fingerprint density at radius 1 is 0.717 bits per heavy atom. The Morgan fingerprint density at radius 2 is 1.33 bits per heavy atom. The number of alkyl halides is 6. The summed E-state index contributed by atoms with van der Waals surface area (Å²) < 4.78 is 95.4. The number of unbranched alkanes of at least 4 members (excludes halogenated alkanes) is 2. The van der Waals surface area contributed by atoms with E-state index in [0.29, 0.717) is 31.5 Å². The average molecular weight is 671 g/mol. The molecule has 15 heteroatoms. The molecule has 0 saturated carbocycles. The lowest BCUT2D eigenvalue weighted by Gasteiger charge is -2.17. The highest BCUT2D eigenvalue weighted by molar-refractivity contribution is 7.90. The fraction of sp³-hybridized carbons (Fsp3) is 0.323. The number of para-hydroxylation sites is 1. The van der Waals surface area contributed by atoms with E-state index in [4.69, 9.17) is 0 Å². The van der Waals surface area contributed by atoms with Crippen LogP contribution in [0.5, 0.6) is 0 Å². The zero-order chi connectivity index (χ0) is 34.1. The molecule has 0 aliphatic carbocycles. The van der Waals surface area contributed by atoms with Crippen molar-refractivity contribution in [2.45, 2.75) is 63.2 Å². The predicted molar refractivity (Wildman–Crippen MR) is 163 cm³/mol. The predicted octanol–water partition coefficient (Wildman–Crippen LogP) is 7.77. The van der Waals surface area contributed by atoms with Gasteiger partial charge in [-0.3, -0.25) is 14.4 Å². The molecule has 3 rings (SSSR count). The second-order valence-corrected chi connectivity index (χ2v) is 11.3. The van der Waals surface area contributed by atoms with E-state index in [1.54, 1.807) is 12.1 Å². The van der Waals surface area contributed by atoms with E-state index in [1.807, 2.05) is 13.8 Å². The van der Waals surface area contributed by atoms with Gasteiger partial charge in [0.1, 0.15) is 11.4 Å². The van der Waals surface area contributed by atoms with Crippen LogP contribution >= 0.6 is 0 Å². The molecule has 0 bridgehead atoms. The highest BCUT2D eigenvalue weighted by Gasteiger charge is 2.37. The minimum Gasteiger partial charge on any atom is -0.588 e. The molecule has 3 amide bonds. The van der Waals surface area contributed by atoms with Crippen LogP contribution in [0.4, 0.5) is 43.4 Å². The minimum absolute atomic E-state index is 0.0541. The van der Waals surface area contributed by atoms with Crippen LogP contribution in [0.15, 0.2) is 65.6 Å². The quantitative estimate of drug-likeness (QED) is 0.0841. The van der Waals surface area contributed by atoms with Crippen LogP contribution in [0, 0.1) is 0 Å². The van der Waals surface area contributed by atoms with Gasteiger partial charge in [-0.15, -0.1) is 0 Å². The van der Waals surface area contributed by atoms with Crippen molar-refractivity contribution in [3.8, 4) is 0 Å². The highest BCUT2D eigenvalue weighted by atomic mass is 32.2. The summed E-state index contributed by atoms with van der Waals surface area (Å²) in [4.78, 5) is 38.6. The number of carbonyl (C=O) groups excluding carboxylic acids is 3. The number of hydrogen-bond acceptors (Lipinski definition) is 5. The number of anilines is 3. The van der Waals surface area contributed by atoms with E-state index in [1.165, 1.54) is 30.3 Å². The minimum atomic E-state index is -5.15. The van der Waals surface area contributed by atoms with E-state index < -0.39 is 58.1 Å². The van der Waals surface area contributed by atoms with Crippen LogP contribution in [-0.2, 0) is 28.5 Å². The van der Waals surface area contributed by atoms with E-state index >= 15 is 0 Å². The summed E-state index contributed by atoms with van der Waals surface area (Å²) in [6.07, 6.45) is -7.15. The molecule has 0 fully saturated rings. The van der Waals surface area contributed by atoms with Crippen LogP contribution in [0.25, 0.3) is 0 Å². The zero-order valence-corrected chi connectivity index (χ0v) is 25.6. The van der Waals surface area contributed by atoms with Crippen LogP contribution in [0.3, 0.4) is 0 Å². The first-order valence-electron chi connectivity index (χ1n) is 14.2. The van der Waals surface area contributed by atoms with Crippen molar-refractivity contribution in [2.75, 3.05) is 22.5 Å². The number of hydrogen-bond donors (Lipinski definition) is 4. The van der Waals surface area contributed by atoms with Crippen molar-refractivity contribution in [2.24, 2.45) is 0 Å². The lowest BCUT2D eigenvalue weighted by molar-refractivity contribution is -0.143. The molecule has 0 aliphatic rings. The van der Waals surface area contributed by atoms with Crippen molar-refractivity contribution in [3.05, 3.63) is 82.9 Å². The summed E-state index contributed by atoms with van der Waals surface area (Å²) >= 11 is -2.00. The van der Waals surface area contributed by atoms with Gasteiger partial charge in [0.25, 0.3) is 17.7 Å². The topological polar surface area (TPSA) is 122 Å². The van der Waals surface area contributed by atoms with E-state index in [2.05, 4.69) is 20.7 Å². The van der Waals surface area contributed by atoms with Gasteiger partial charge >= 0.3 is 12.4 Å². The second kappa shape index (κ2) is 15.9. The van der Waals surface area contributed by atoms with E-state index in [-0.39, 0.29) is 40.0 Å². The third kappa shape index (κ3) is 10.1. The number of nitrogens with one attached hydrogen (secondary N) is 4. The first-order valence-corrected chi connectivity index (χ1v) is 15.4. The molecular weight excluding hydrogens is 638 g/mol. The molecule has 0 aliphatic heterocycles. The van der Waals surface area contributed by atoms with Crippen LogP contribution in [0.1, 0.15) is 77.8 Å². The molecule has 1 atom stereocenters. The fourth-order valence-corrected chi connectivity index (χ4v) is 5.09. The van der Waals surface area contributed by atoms with Gasteiger partial charge in [-0.1, -0.05) is 38.8 Å². The summed E-state index contributed by atoms with van der Waals surface area (Å²) in [7, 11) is 0.